The number of rotatable bonds is 5. The molecule has 0 fully saturated rings. The molecule has 0 aliphatic carbocycles. The number of carbonyl (C=O) groups is 1. The third-order valence-corrected chi connectivity index (χ3v) is 2.33. The monoisotopic (exact) mass is 303 g/mol. The average Bonchev–Trinajstić information content (AvgIpc) is 2.39. The normalized spacial score (nSPS) is 11.1. The smallest absolute Gasteiger partial charge is 0.297 e. The minimum Gasteiger partial charge on any atom is -0.297 e. The Bertz CT molecular complexity index is 550. The highest BCUT2D eigenvalue weighted by Gasteiger charge is 2.15. The van der Waals surface area contributed by atoms with Gasteiger partial charge in [-0.2, -0.15) is 4.39 Å². The fourth-order valence-corrected chi connectivity index (χ4v) is 1.44. The van der Waals surface area contributed by atoms with Gasteiger partial charge >= 0.3 is 11.8 Å². The van der Waals surface area contributed by atoms with Crippen molar-refractivity contribution in [1.29, 1.82) is 0 Å². The van der Waals surface area contributed by atoms with Crippen molar-refractivity contribution in [2.75, 3.05) is 5.32 Å². The molecule has 1 aromatic carbocycles. The van der Waals surface area contributed by atoms with Crippen LogP contribution in [0.3, 0.4) is 0 Å². The quantitative estimate of drug-likeness (QED) is 0.389. The molecule has 0 saturated heterocycles. The Morgan fingerprint density at radius 1 is 1.60 bits per heavy atom. The first-order valence-corrected chi connectivity index (χ1v) is 5.96. The summed E-state index contributed by atoms with van der Waals surface area (Å²) in [6.45, 7) is 1.87. The first-order valence-electron chi connectivity index (χ1n) is 5.58. The van der Waals surface area contributed by atoms with E-state index in [-0.39, 0.29) is 10.9 Å². The molecular formula is C11H11ClFN3O4. The molecule has 0 saturated carbocycles. The average molecular weight is 304 g/mol. The van der Waals surface area contributed by atoms with Crippen LogP contribution < -0.4 is 5.32 Å². The summed E-state index contributed by atoms with van der Waals surface area (Å²) in [6.07, 6.45) is 0.203. The van der Waals surface area contributed by atoms with Gasteiger partial charge < -0.3 is 0 Å². The van der Waals surface area contributed by atoms with Gasteiger partial charge in [0.05, 0.1) is 10.6 Å². The van der Waals surface area contributed by atoms with Crippen molar-refractivity contribution < 1.29 is 18.9 Å². The molecule has 7 nitrogen and oxygen atoms in total. The fourth-order valence-electron chi connectivity index (χ4n) is 1.21. The minimum atomic E-state index is -1.00. The Hall–Kier alpha value is -2.22. The molecule has 0 aromatic heterocycles. The summed E-state index contributed by atoms with van der Waals surface area (Å²) in [7, 11) is 0. The van der Waals surface area contributed by atoms with E-state index in [0.717, 1.165) is 24.6 Å². The first kappa shape index (κ1) is 15.8. The number of oxime groups is 1. The number of benzene rings is 1. The van der Waals surface area contributed by atoms with Crippen LogP contribution in [0, 0.1) is 15.9 Å². The predicted octanol–water partition coefficient (Wildman–Crippen LogP) is 3.63. The maximum Gasteiger partial charge on any atom is 0.437 e. The van der Waals surface area contributed by atoms with Crippen molar-refractivity contribution in [2.24, 2.45) is 5.16 Å². The number of anilines is 1. The molecule has 0 heterocycles. The van der Waals surface area contributed by atoms with Crippen LogP contribution in [-0.4, -0.2) is 16.2 Å². The van der Waals surface area contributed by atoms with Crippen LogP contribution in [0.15, 0.2) is 23.4 Å². The maximum atomic E-state index is 13.1. The number of nitro groups is 1. The minimum absolute atomic E-state index is 0.00455. The number of hydrogen-bond donors (Lipinski definition) is 1. The molecule has 1 rings (SSSR count). The number of carbonyl (C=O) groups excluding carboxylic acids is 1. The molecule has 1 N–H and O–H groups in total. The van der Waals surface area contributed by atoms with Crippen LogP contribution in [0.25, 0.3) is 0 Å². The second-order valence-electron chi connectivity index (χ2n) is 3.64. The van der Waals surface area contributed by atoms with Gasteiger partial charge in [0, 0.05) is 12.5 Å². The number of nitrogens with zero attached hydrogens (tertiary/aromatic N) is 2. The molecule has 0 aliphatic heterocycles. The Labute approximate surface area is 118 Å². The molecule has 108 valence electrons. The van der Waals surface area contributed by atoms with Crippen molar-refractivity contribution in [3.8, 4) is 0 Å². The number of nitro benzene ring substituents is 1. The third-order valence-electron chi connectivity index (χ3n) is 2.07. The van der Waals surface area contributed by atoms with E-state index in [2.05, 4.69) is 15.3 Å². The zero-order chi connectivity index (χ0) is 15.1. The van der Waals surface area contributed by atoms with Crippen LogP contribution in [0.1, 0.15) is 19.8 Å². The summed E-state index contributed by atoms with van der Waals surface area (Å²) in [6, 6.07) is 2.88. The van der Waals surface area contributed by atoms with E-state index in [1.54, 1.807) is 0 Å². The molecular weight excluding hydrogens is 293 g/mol. The molecule has 20 heavy (non-hydrogen) atoms. The van der Waals surface area contributed by atoms with Crippen molar-refractivity contribution in [2.45, 2.75) is 19.8 Å². The van der Waals surface area contributed by atoms with Crippen LogP contribution >= 0.6 is 11.6 Å². The summed E-state index contributed by atoms with van der Waals surface area (Å²) in [5.74, 6) is -1.00. The summed E-state index contributed by atoms with van der Waals surface area (Å²) < 4.78 is 13.1. The Kier molecular flexibility index (Phi) is 5.85. The Morgan fingerprint density at radius 2 is 2.30 bits per heavy atom. The standard InChI is InChI=1S/C11H11ClFN3O4/c1-2-3-10(12)15-20-11(17)14-7-4-5-8(13)9(6-7)16(18)19/h4-6H,2-3H2,1H3,(H,14,17)/b15-10-. The summed E-state index contributed by atoms with van der Waals surface area (Å²) in [5, 5.41) is 16.2. The molecule has 0 bridgehead atoms. The second-order valence-corrected chi connectivity index (χ2v) is 4.08. The van der Waals surface area contributed by atoms with Gasteiger partial charge in [-0.3, -0.25) is 20.3 Å². The van der Waals surface area contributed by atoms with Gasteiger partial charge in [0.15, 0.2) is 0 Å². The molecule has 0 radical (unpaired) electrons. The van der Waals surface area contributed by atoms with E-state index in [9.17, 15) is 19.3 Å². The van der Waals surface area contributed by atoms with Gasteiger partial charge in [0.2, 0.25) is 5.82 Å². The molecule has 0 atom stereocenters. The topological polar surface area (TPSA) is 93.8 Å². The van der Waals surface area contributed by atoms with Crippen LogP contribution in [0.5, 0.6) is 0 Å². The van der Waals surface area contributed by atoms with Crippen molar-refractivity contribution in [3.63, 3.8) is 0 Å². The predicted molar refractivity (Wildman–Crippen MR) is 71.4 cm³/mol. The molecule has 0 spiro atoms. The van der Waals surface area contributed by atoms with E-state index in [4.69, 9.17) is 11.6 Å². The van der Waals surface area contributed by atoms with E-state index < -0.39 is 22.5 Å². The lowest BCUT2D eigenvalue weighted by atomic mass is 10.2. The van der Waals surface area contributed by atoms with Gasteiger partial charge in [0.25, 0.3) is 0 Å². The zero-order valence-electron chi connectivity index (χ0n) is 10.4. The van der Waals surface area contributed by atoms with Gasteiger partial charge in [-0.25, -0.2) is 4.79 Å². The largest absolute Gasteiger partial charge is 0.437 e. The fraction of sp³-hybridized carbons (Fsp3) is 0.273. The lowest BCUT2D eigenvalue weighted by Gasteiger charge is -2.03. The van der Waals surface area contributed by atoms with Gasteiger partial charge in [0.1, 0.15) is 5.17 Å². The first-order chi connectivity index (χ1) is 9.43. The van der Waals surface area contributed by atoms with E-state index in [0.29, 0.717) is 6.42 Å². The third kappa shape index (κ3) is 4.81. The van der Waals surface area contributed by atoms with Gasteiger partial charge in [-0.1, -0.05) is 23.7 Å². The molecule has 9 heteroatoms. The van der Waals surface area contributed by atoms with E-state index in [1.165, 1.54) is 0 Å². The maximum absolute atomic E-state index is 13.1. The number of nitrogens with one attached hydrogen (secondary N) is 1. The Morgan fingerprint density at radius 3 is 2.90 bits per heavy atom. The summed E-state index contributed by atoms with van der Waals surface area (Å²) in [4.78, 5) is 25.4. The Balaban J connectivity index is 2.69. The molecule has 0 unspecified atom stereocenters. The van der Waals surface area contributed by atoms with Crippen molar-refractivity contribution in [3.05, 3.63) is 34.1 Å². The van der Waals surface area contributed by atoms with Crippen LogP contribution in [-0.2, 0) is 4.84 Å². The lowest BCUT2D eigenvalue weighted by molar-refractivity contribution is -0.387. The SMILES string of the molecule is CCC/C(Cl)=N/OC(=O)Nc1ccc(F)c([N+](=O)[O-])c1. The number of hydrogen-bond acceptors (Lipinski definition) is 5. The number of halogens is 2. The lowest BCUT2D eigenvalue weighted by Crippen LogP contribution is -2.11. The van der Waals surface area contributed by atoms with Crippen molar-refractivity contribution >= 4 is 34.2 Å². The second kappa shape index (κ2) is 7.39. The number of amides is 1. The van der Waals surface area contributed by atoms with Crippen molar-refractivity contribution in [1.82, 2.24) is 0 Å². The summed E-state index contributed by atoms with van der Waals surface area (Å²) >= 11 is 5.62. The highest BCUT2D eigenvalue weighted by molar-refractivity contribution is 6.65. The highest BCUT2D eigenvalue weighted by Crippen LogP contribution is 2.21. The molecule has 1 amide bonds. The van der Waals surface area contributed by atoms with E-state index in [1.807, 2.05) is 6.92 Å². The molecule has 1 aromatic rings. The van der Waals surface area contributed by atoms with Crippen LogP contribution in [0.4, 0.5) is 20.6 Å². The van der Waals surface area contributed by atoms with Crippen LogP contribution in [0.2, 0.25) is 0 Å². The highest BCUT2D eigenvalue weighted by atomic mass is 35.5. The van der Waals surface area contributed by atoms with E-state index >= 15 is 0 Å². The van der Waals surface area contributed by atoms with Gasteiger partial charge in [-0.05, 0) is 18.6 Å². The zero-order valence-corrected chi connectivity index (χ0v) is 11.2. The van der Waals surface area contributed by atoms with Gasteiger partial charge in [-0.15, -0.1) is 0 Å². The molecule has 0 aliphatic rings. The summed E-state index contributed by atoms with van der Waals surface area (Å²) in [5.41, 5.74) is -0.750.